The van der Waals surface area contributed by atoms with Crippen LogP contribution in [0.4, 0.5) is 8.78 Å². The smallest absolute Gasteiger partial charge is 0.248 e. The summed E-state index contributed by atoms with van der Waals surface area (Å²) in [6.07, 6.45) is -1.24. The predicted molar refractivity (Wildman–Crippen MR) is 61.0 cm³/mol. The zero-order valence-electron chi connectivity index (χ0n) is 9.47. The highest BCUT2D eigenvalue weighted by Gasteiger charge is 2.43. The van der Waals surface area contributed by atoms with Gasteiger partial charge in [0.1, 0.15) is 0 Å². The van der Waals surface area contributed by atoms with Gasteiger partial charge in [-0.1, -0.05) is 24.3 Å². The average molecular weight is 225 g/mol. The van der Waals surface area contributed by atoms with Crippen LogP contribution in [0, 0.1) is 6.92 Å². The molecule has 1 nitrogen and oxygen atoms in total. The van der Waals surface area contributed by atoms with Crippen LogP contribution in [-0.2, 0) is 5.41 Å². The second-order valence-corrected chi connectivity index (χ2v) is 4.52. The largest absolute Gasteiger partial charge is 0.317 e. The van der Waals surface area contributed by atoms with Crippen LogP contribution in [0.25, 0.3) is 0 Å². The van der Waals surface area contributed by atoms with Crippen molar-refractivity contribution in [2.45, 2.75) is 31.6 Å². The molecule has 1 aromatic carbocycles. The molecule has 1 N–H and O–H groups in total. The molecule has 0 spiro atoms. The highest BCUT2D eigenvalue weighted by Crippen LogP contribution is 2.40. The molecular formula is C13H17F2N. The number of halogens is 2. The Morgan fingerprint density at radius 2 is 1.81 bits per heavy atom. The zero-order chi connectivity index (χ0) is 11.6. The fourth-order valence-corrected chi connectivity index (χ4v) is 2.61. The van der Waals surface area contributed by atoms with Crippen LogP contribution in [0.2, 0.25) is 0 Å². The van der Waals surface area contributed by atoms with E-state index >= 15 is 0 Å². The molecule has 1 heterocycles. The summed E-state index contributed by atoms with van der Waals surface area (Å²) in [4.78, 5) is 0. The normalized spacial score (nSPS) is 20.0. The fraction of sp³-hybridized carbons (Fsp3) is 0.538. The molecule has 0 aromatic heterocycles. The standard InChI is InChI=1S/C13H17F2N/c1-10-4-2-3-5-11(10)13(12(14)15)6-8-16-9-7-13/h2-5,12,16H,6-9H2,1H3. The second kappa shape index (κ2) is 4.50. The van der Waals surface area contributed by atoms with Gasteiger partial charge in [0, 0.05) is 0 Å². The van der Waals surface area contributed by atoms with Crippen LogP contribution in [0.5, 0.6) is 0 Å². The van der Waals surface area contributed by atoms with Crippen molar-refractivity contribution in [1.82, 2.24) is 5.32 Å². The van der Waals surface area contributed by atoms with Crippen molar-refractivity contribution >= 4 is 0 Å². The van der Waals surface area contributed by atoms with Gasteiger partial charge >= 0.3 is 0 Å². The molecule has 88 valence electrons. The summed E-state index contributed by atoms with van der Waals surface area (Å²) in [5.41, 5.74) is 0.868. The van der Waals surface area contributed by atoms with Crippen LogP contribution in [-0.4, -0.2) is 19.5 Å². The van der Waals surface area contributed by atoms with E-state index in [2.05, 4.69) is 5.32 Å². The Morgan fingerprint density at radius 3 is 2.38 bits per heavy atom. The number of nitrogens with one attached hydrogen (secondary N) is 1. The van der Waals surface area contributed by atoms with Crippen LogP contribution in [0.15, 0.2) is 24.3 Å². The van der Waals surface area contributed by atoms with Crippen LogP contribution < -0.4 is 5.32 Å². The number of hydrogen-bond acceptors (Lipinski definition) is 1. The lowest BCUT2D eigenvalue weighted by molar-refractivity contribution is 0.0292. The summed E-state index contributed by atoms with van der Waals surface area (Å²) in [7, 11) is 0. The first-order chi connectivity index (χ1) is 7.67. The Morgan fingerprint density at radius 1 is 1.19 bits per heavy atom. The summed E-state index contributed by atoms with van der Waals surface area (Å²) in [6.45, 7) is 3.28. The van der Waals surface area contributed by atoms with Crippen molar-refractivity contribution in [2.75, 3.05) is 13.1 Å². The summed E-state index contributed by atoms with van der Waals surface area (Å²) in [5.74, 6) is 0. The SMILES string of the molecule is Cc1ccccc1C1(C(F)F)CCNCC1. The minimum Gasteiger partial charge on any atom is -0.317 e. The molecular weight excluding hydrogens is 208 g/mol. The minimum absolute atomic E-state index is 0.523. The summed E-state index contributed by atoms with van der Waals surface area (Å²) in [6, 6.07) is 7.53. The second-order valence-electron chi connectivity index (χ2n) is 4.52. The van der Waals surface area contributed by atoms with E-state index in [9.17, 15) is 8.78 Å². The number of benzene rings is 1. The maximum atomic E-state index is 13.4. The minimum atomic E-state index is -2.28. The molecule has 1 aromatic rings. The summed E-state index contributed by atoms with van der Waals surface area (Å²) in [5, 5.41) is 3.15. The first kappa shape index (κ1) is 11.5. The molecule has 1 aliphatic heterocycles. The Labute approximate surface area is 94.9 Å². The van der Waals surface area contributed by atoms with Crippen LogP contribution in [0.1, 0.15) is 24.0 Å². The van der Waals surface area contributed by atoms with Gasteiger partial charge in [0.2, 0.25) is 6.43 Å². The molecule has 2 rings (SSSR count). The molecule has 3 heteroatoms. The molecule has 0 bridgehead atoms. The topological polar surface area (TPSA) is 12.0 Å². The Kier molecular flexibility index (Phi) is 3.24. The number of alkyl halides is 2. The predicted octanol–water partition coefficient (Wildman–Crippen LogP) is 2.88. The van der Waals surface area contributed by atoms with Gasteiger partial charge < -0.3 is 5.32 Å². The van der Waals surface area contributed by atoms with E-state index < -0.39 is 11.8 Å². The highest BCUT2D eigenvalue weighted by molar-refractivity contribution is 5.34. The molecule has 1 aliphatic rings. The van der Waals surface area contributed by atoms with Gasteiger partial charge in [-0.05, 0) is 44.0 Å². The number of piperidine rings is 1. The van der Waals surface area contributed by atoms with E-state index in [0.29, 0.717) is 25.9 Å². The van der Waals surface area contributed by atoms with E-state index in [1.165, 1.54) is 0 Å². The molecule has 0 unspecified atom stereocenters. The molecule has 1 saturated heterocycles. The molecule has 0 aliphatic carbocycles. The zero-order valence-corrected chi connectivity index (χ0v) is 9.47. The third kappa shape index (κ3) is 1.84. The van der Waals surface area contributed by atoms with E-state index in [4.69, 9.17) is 0 Å². The van der Waals surface area contributed by atoms with E-state index in [1.807, 2.05) is 31.2 Å². The van der Waals surface area contributed by atoms with E-state index in [0.717, 1.165) is 11.1 Å². The Bertz CT molecular complexity index is 357. The number of rotatable bonds is 2. The molecule has 1 fully saturated rings. The maximum Gasteiger partial charge on any atom is 0.248 e. The molecule has 0 saturated carbocycles. The quantitative estimate of drug-likeness (QED) is 0.816. The van der Waals surface area contributed by atoms with Gasteiger partial charge in [-0.15, -0.1) is 0 Å². The molecule has 0 radical (unpaired) electrons. The van der Waals surface area contributed by atoms with Gasteiger partial charge in [-0.3, -0.25) is 0 Å². The van der Waals surface area contributed by atoms with E-state index in [-0.39, 0.29) is 0 Å². The van der Waals surface area contributed by atoms with Gasteiger partial charge in [0.15, 0.2) is 0 Å². The summed E-state index contributed by atoms with van der Waals surface area (Å²) < 4.78 is 26.8. The van der Waals surface area contributed by atoms with Crippen molar-refractivity contribution in [1.29, 1.82) is 0 Å². The third-order valence-electron chi connectivity index (χ3n) is 3.59. The fourth-order valence-electron chi connectivity index (χ4n) is 2.61. The van der Waals surface area contributed by atoms with Crippen LogP contribution in [0.3, 0.4) is 0 Å². The third-order valence-corrected chi connectivity index (χ3v) is 3.59. The Balaban J connectivity index is 2.43. The van der Waals surface area contributed by atoms with E-state index in [1.54, 1.807) is 0 Å². The lowest BCUT2D eigenvalue weighted by Crippen LogP contribution is -2.45. The summed E-state index contributed by atoms with van der Waals surface area (Å²) >= 11 is 0. The number of aryl methyl sites for hydroxylation is 1. The molecule has 0 amide bonds. The van der Waals surface area contributed by atoms with Gasteiger partial charge in [0.05, 0.1) is 5.41 Å². The van der Waals surface area contributed by atoms with Gasteiger partial charge in [-0.25, -0.2) is 8.78 Å². The Hall–Kier alpha value is -0.960. The number of hydrogen-bond donors (Lipinski definition) is 1. The highest BCUT2D eigenvalue weighted by atomic mass is 19.3. The maximum absolute atomic E-state index is 13.4. The monoisotopic (exact) mass is 225 g/mol. The average Bonchev–Trinajstić information content (AvgIpc) is 2.30. The van der Waals surface area contributed by atoms with Gasteiger partial charge in [-0.2, -0.15) is 0 Å². The van der Waals surface area contributed by atoms with Crippen molar-refractivity contribution in [2.24, 2.45) is 0 Å². The van der Waals surface area contributed by atoms with Crippen molar-refractivity contribution < 1.29 is 8.78 Å². The van der Waals surface area contributed by atoms with Crippen LogP contribution >= 0.6 is 0 Å². The first-order valence-corrected chi connectivity index (χ1v) is 5.72. The van der Waals surface area contributed by atoms with Crippen molar-refractivity contribution in [3.8, 4) is 0 Å². The van der Waals surface area contributed by atoms with Crippen molar-refractivity contribution in [3.63, 3.8) is 0 Å². The van der Waals surface area contributed by atoms with Crippen molar-refractivity contribution in [3.05, 3.63) is 35.4 Å². The lowest BCUT2D eigenvalue weighted by Gasteiger charge is -2.38. The lowest BCUT2D eigenvalue weighted by atomic mass is 9.72. The molecule has 0 atom stereocenters. The van der Waals surface area contributed by atoms with Gasteiger partial charge in [0.25, 0.3) is 0 Å². The first-order valence-electron chi connectivity index (χ1n) is 5.72. The molecule has 16 heavy (non-hydrogen) atoms.